The summed E-state index contributed by atoms with van der Waals surface area (Å²) in [6, 6.07) is 10.3. The number of carbonyl (C=O) groups excluding carboxylic acids is 1. The summed E-state index contributed by atoms with van der Waals surface area (Å²) in [6.07, 6.45) is 2.01. The molecular formula is C20H25ClN2O3S. The van der Waals surface area contributed by atoms with Crippen LogP contribution in [0.4, 0.5) is 0 Å². The van der Waals surface area contributed by atoms with E-state index in [1.807, 2.05) is 35.2 Å². The van der Waals surface area contributed by atoms with Crippen LogP contribution in [-0.4, -0.2) is 49.7 Å². The summed E-state index contributed by atoms with van der Waals surface area (Å²) in [6.45, 7) is 5.98. The molecule has 0 aliphatic carbocycles. The number of amides is 1. The number of nitrogens with one attached hydrogen (secondary N) is 1. The van der Waals surface area contributed by atoms with E-state index in [2.05, 4.69) is 12.2 Å². The Bertz CT molecular complexity index is 789. The molecule has 146 valence electrons. The van der Waals surface area contributed by atoms with Crippen LogP contribution in [0.2, 0.25) is 0 Å². The second-order valence-corrected chi connectivity index (χ2v) is 7.75. The molecule has 1 aromatic heterocycles. The molecular weight excluding hydrogens is 384 g/mol. The summed E-state index contributed by atoms with van der Waals surface area (Å²) in [4.78, 5) is 17.0. The van der Waals surface area contributed by atoms with Crippen molar-refractivity contribution in [2.75, 3.05) is 32.8 Å². The van der Waals surface area contributed by atoms with E-state index >= 15 is 0 Å². The summed E-state index contributed by atoms with van der Waals surface area (Å²) < 4.78 is 11.3. The first-order chi connectivity index (χ1) is 12.8. The number of ether oxygens (including phenoxy) is 2. The van der Waals surface area contributed by atoms with Gasteiger partial charge in [0.25, 0.3) is 5.91 Å². The average molecular weight is 409 g/mol. The van der Waals surface area contributed by atoms with Crippen molar-refractivity contribution >= 4 is 29.7 Å². The third-order valence-electron chi connectivity index (χ3n) is 4.84. The number of benzene rings is 1. The predicted molar refractivity (Wildman–Crippen MR) is 111 cm³/mol. The van der Waals surface area contributed by atoms with Gasteiger partial charge in [-0.15, -0.1) is 23.7 Å². The highest BCUT2D eigenvalue weighted by Crippen LogP contribution is 2.37. The number of halogens is 1. The van der Waals surface area contributed by atoms with Gasteiger partial charge in [0, 0.05) is 24.0 Å². The molecule has 7 heteroatoms. The van der Waals surface area contributed by atoms with Crippen LogP contribution in [-0.2, 0) is 0 Å². The fourth-order valence-electron chi connectivity index (χ4n) is 3.54. The molecule has 3 heterocycles. The van der Waals surface area contributed by atoms with Gasteiger partial charge >= 0.3 is 0 Å². The van der Waals surface area contributed by atoms with Gasteiger partial charge in [-0.25, -0.2) is 0 Å². The lowest BCUT2D eigenvalue weighted by Crippen LogP contribution is -2.41. The van der Waals surface area contributed by atoms with Crippen molar-refractivity contribution in [1.82, 2.24) is 10.2 Å². The Balaban J connectivity index is 0.00000210. The summed E-state index contributed by atoms with van der Waals surface area (Å²) in [5.74, 6) is 1.71. The summed E-state index contributed by atoms with van der Waals surface area (Å²) in [5.41, 5.74) is 1.06. The van der Waals surface area contributed by atoms with Crippen LogP contribution in [0.1, 0.15) is 29.4 Å². The topological polar surface area (TPSA) is 50.8 Å². The van der Waals surface area contributed by atoms with Crippen molar-refractivity contribution in [1.29, 1.82) is 0 Å². The zero-order valence-corrected chi connectivity index (χ0v) is 17.0. The number of thiophene rings is 1. The number of nitrogens with zero attached hydrogens (tertiary/aromatic N) is 1. The van der Waals surface area contributed by atoms with Gasteiger partial charge in [0.2, 0.25) is 0 Å². The molecule has 1 aromatic carbocycles. The number of rotatable bonds is 5. The molecule has 27 heavy (non-hydrogen) atoms. The zero-order chi connectivity index (χ0) is 17.9. The van der Waals surface area contributed by atoms with E-state index < -0.39 is 0 Å². The molecule has 0 saturated carbocycles. The van der Waals surface area contributed by atoms with Gasteiger partial charge in [0.05, 0.1) is 4.88 Å². The molecule has 2 aliphatic heterocycles. The fraction of sp³-hybridized carbons (Fsp3) is 0.450. The molecule has 0 spiro atoms. The number of carbonyl (C=O) groups is 1. The minimum atomic E-state index is 0. The van der Waals surface area contributed by atoms with Gasteiger partial charge in [-0.3, -0.25) is 4.79 Å². The Labute approximate surface area is 170 Å². The third-order valence-corrected chi connectivity index (χ3v) is 5.97. The predicted octanol–water partition coefficient (Wildman–Crippen LogP) is 3.82. The first-order valence-electron chi connectivity index (χ1n) is 9.28. The van der Waals surface area contributed by atoms with Crippen LogP contribution < -0.4 is 14.8 Å². The first kappa shape index (κ1) is 20.0. The molecule has 2 aromatic rings. The third kappa shape index (κ3) is 4.23. The van der Waals surface area contributed by atoms with Crippen molar-refractivity contribution in [3.63, 3.8) is 0 Å². The van der Waals surface area contributed by atoms with Gasteiger partial charge in [-0.2, -0.15) is 0 Å². The monoisotopic (exact) mass is 408 g/mol. The van der Waals surface area contributed by atoms with Crippen molar-refractivity contribution in [2.45, 2.75) is 25.8 Å². The van der Waals surface area contributed by atoms with Crippen molar-refractivity contribution < 1.29 is 14.3 Å². The van der Waals surface area contributed by atoms with E-state index in [4.69, 9.17) is 9.47 Å². The van der Waals surface area contributed by atoms with Crippen LogP contribution in [0.15, 0.2) is 30.3 Å². The highest BCUT2D eigenvalue weighted by atomic mass is 35.5. The molecule has 1 unspecified atom stereocenters. The normalized spacial score (nSPS) is 18.0. The number of hydrogen-bond acceptors (Lipinski definition) is 5. The second kappa shape index (κ2) is 8.95. The van der Waals surface area contributed by atoms with Gasteiger partial charge < -0.3 is 19.7 Å². The summed E-state index contributed by atoms with van der Waals surface area (Å²) >= 11 is 1.55. The molecule has 0 bridgehead atoms. The maximum atomic E-state index is 13.1. The Morgan fingerprint density at radius 1 is 1.22 bits per heavy atom. The zero-order valence-electron chi connectivity index (χ0n) is 15.4. The minimum Gasteiger partial charge on any atom is -0.486 e. The largest absolute Gasteiger partial charge is 0.486 e. The van der Waals surface area contributed by atoms with Gasteiger partial charge in [0.1, 0.15) is 13.2 Å². The molecule has 2 aliphatic rings. The van der Waals surface area contributed by atoms with E-state index in [0.717, 1.165) is 59.3 Å². The van der Waals surface area contributed by atoms with E-state index in [0.29, 0.717) is 19.3 Å². The van der Waals surface area contributed by atoms with Crippen LogP contribution in [0.3, 0.4) is 0 Å². The number of fused-ring (bicyclic) bond motifs is 1. The minimum absolute atomic E-state index is 0. The Morgan fingerprint density at radius 2 is 2.04 bits per heavy atom. The summed E-state index contributed by atoms with van der Waals surface area (Å²) in [5, 5.41) is 3.36. The van der Waals surface area contributed by atoms with E-state index in [9.17, 15) is 4.79 Å². The van der Waals surface area contributed by atoms with Gasteiger partial charge in [-0.1, -0.05) is 6.92 Å². The Kier molecular flexibility index (Phi) is 6.63. The lowest BCUT2D eigenvalue weighted by Gasteiger charge is -2.27. The second-order valence-electron chi connectivity index (χ2n) is 6.67. The Morgan fingerprint density at radius 3 is 2.78 bits per heavy atom. The van der Waals surface area contributed by atoms with Crippen LogP contribution in [0.25, 0.3) is 10.4 Å². The lowest BCUT2D eigenvalue weighted by atomic mass is 10.1. The molecule has 0 radical (unpaired) electrons. The van der Waals surface area contributed by atoms with Crippen molar-refractivity contribution in [3.8, 4) is 21.9 Å². The van der Waals surface area contributed by atoms with E-state index in [1.165, 1.54) is 0 Å². The fourth-order valence-corrected chi connectivity index (χ4v) is 4.50. The standard InChI is InChI=1S/C20H24N2O3S.ClH/c1-2-9-22(15-7-8-21-13-15)20(23)19-6-5-18(26-19)14-3-4-16-17(12-14)25-11-10-24-16;/h3-6,12,15,21H,2,7-11,13H2,1H3;1H. The molecule has 5 nitrogen and oxygen atoms in total. The quantitative estimate of drug-likeness (QED) is 0.817. The van der Waals surface area contributed by atoms with Crippen molar-refractivity contribution in [3.05, 3.63) is 35.2 Å². The molecule has 1 saturated heterocycles. The Hall–Kier alpha value is -1.76. The maximum absolute atomic E-state index is 13.1. The highest BCUT2D eigenvalue weighted by molar-refractivity contribution is 7.17. The van der Waals surface area contributed by atoms with Crippen molar-refractivity contribution in [2.24, 2.45) is 0 Å². The molecule has 1 atom stereocenters. The van der Waals surface area contributed by atoms with Crippen LogP contribution in [0, 0.1) is 0 Å². The lowest BCUT2D eigenvalue weighted by molar-refractivity contribution is 0.0697. The highest BCUT2D eigenvalue weighted by Gasteiger charge is 2.27. The maximum Gasteiger partial charge on any atom is 0.264 e. The van der Waals surface area contributed by atoms with Gasteiger partial charge in [-0.05, 0) is 55.3 Å². The van der Waals surface area contributed by atoms with E-state index in [1.54, 1.807) is 11.3 Å². The van der Waals surface area contributed by atoms with Crippen LogP contribution in [0.5, 0.6) is 11.5 Å². The van der Waals surface area contributed by atoms with E-state index in [-0.39, 0.29) is 18.3 Å². The molecule has 4 rings (SSSR count). The average Bonchev–Trinajstić information content (AvgIpc) is 3.37. The SMILES string of the molecule is CCCN(C(=O)c1ccc(-c2ccc3c(c2)OCCO3)s1)C1CCNC1.Cl. The molecule has 1 amide bonds. The van der Waals surface area contributed by atoms with Gasteiger partial charge in [0.15, 0.2) is 11.5 Å². The van der Waals surface area contributed by atoms with Crippen LogP contribution >= 0.6 is 23.7 Å². The summed E-state index contributed by atoms with van der Waals surface area (Å²) in [7, 11) is 0. The first-order valence-corrected chi connectivity index (χ1v) is 10.1. The number of hydrogen-bond donors (Lipinski definition) is 1. The smallest absolute Gasteiger partial charge is 0.264 e. The molecule has 1 fully saturated rings. The molecule has 1 N–H and O–H groups in total.